The zero-order valence-corrected chi connectivity index (χ0v) is 13.4. The van der Waals surface area contributed by atoms with E-state index in [1.807, 2.05) is 11.3 Å². The van der Waals surface area contributed by atoms with Gasteiger partial charge in [-0.05, 0) is 65.2 Å². The van der Waals surface area contributed by atoms with E-state index in [0.717, 1.165) is 19.0 Å². The van der Waals surface area contributed by atoms with Gasteiger partial charge >= 0.3 is 0 Å². The van der Waals surface area contributed by atoms with Gasteiger partial charge in [-0.15, -0.1) is 11.3 Å². The normalized spacial score (nSPS) is 18.1. The van der Waals surface area contributed by atoms with Crippen molar-refractivity contribution in [3.8, 4) is 0 Å². The second kappa shape index (κ2) is 7.36. The van der Waals surface area contributed by atoms with Crippen molar-refractivity contribution in [3.05, 3.63) is 15.6 Å². The lowest BCUT2D eigenvalue weighted by molar-refractivity contribution is 0.190. The molecule has 1 aliphatic rings. The molecule has 2 heterocycles. The summed E-state index contributed by atoms with van der Waals surface area (Å²) in [5, 5.41) is 4.73. The topological polar surface area (TPSA) is 28.2 Å². The van der Waals surface area contributed by atoms with Gasteiger partial charge in [-0.3, -0.25) is 0 Å². The molecule has 0 radical (unpaired) electrons. The van der Waals surface area contributed by atoms with Crippen molar-refractivity contribution in [2.75, 3.05) is 26.2 Å². The Kier molecular flexibility index (Phi) is 5.79. The van der Waals surface area contributed by atoms with Crippen LogP contribution in [0.5, 0.6) is 0 Å². The van der Waals surface area contributed by atoms with Gasteiger partial charge in [0.05, 0.1) is 10.7 Å². The highest BCUT2D eigenvalue weighted by Gasteiger charge is 2.14. The van der Waals surface area contributed by atoms with E-state index in [1.54, 1.807) is 0 Å². The van der Waals surface area contributed by atoms with Crippen LogP contribution in [0.2, 0.25) is 0 Å². The van der Waals surface area contributed by atoms with E-state index in [-0.39, 0.29) is 0 Å². The first-order chi connectivity index (χ1) is 9.15. The van der Waals surface area contributed by atoms with E-state index in [1.165, 1.54) is 54.5 Å². The summed E-state index contributed by atoms with van der Waals surface area (Å²) in [5.41, 5.74) is 1.19. The second-order valence-electron chi connectivity index (χ2n) is 5.80. The Labute approximate surface area is 121 Å². The number of thiazole rings is 1. The van der Waals surface area contributed by atoms with Crippen LogP contribution in [0, 0.1) is 19.8 Å². The molecule has 0 atom stereocenters. The average Bonchev–Trinajstić information content (AvgIpc) is 2.70. The first-order valence-electron chi connectivity index (χ1n) is 7.51. The van der Waals surface area contributed by atoms with Crippen LogP contribution in [0.4, 0.5) is 0 Å². The lowest BCUT2D eigenvalue weighted by atomic mass is 9.99. The van der Waals surface area contributed by atoms with Crippen molar-refractivity contribution in [3.63, 3.8) is 0 Å². The summed E-state index contributed by atoms with van der Waals surface area (Å²) in [7, 11) is 0. The van der Waals surface area contributed by atoms with Gasteiger partial charge < -0.3 is 10.2 Å². The van der Waals surface area contributed by atoms with E-state index < -0.39 is 0 Å². The van der Waals surface area contributed by atoms with Crippen LogP contribution >= 0.6 is 11.3 Å². The van der Waals surface area contributed by atoms with Crippen molar-refractivity contribution in [1.29, 1.82) is 0 Å². The van der Waals surface area contributed by atoms with Gasteiger partial charge in [-0.25, -0.2) is 4.98 Å². The third kappa shape index (κ3) is 4.86. The zero-order chi connectivity index (χ0) is 13.7. The minimum atomic E-state index is 0.937. The van der Waals surface area contributed by atoms with Crippen molar-refractivity contribution in [2.45, 2.75) is 46.6 Å². The molecule has 1 saturated heterocycles. The van der Waals surface area contributed by atoms with Crippen molar-refractivity contribution >= 4 is 11.3 Å². The fraction of sp³-hybridized carbons (Fsp3) is 0.800. The summed E-state index contributed by atoms with van der Waals surface area (Å²) in [5.74, 6) is 0.937. The molecular formula is C15H27N3S. The third-order valence-corrected chi connectivity index (χ3v) is 5.06. The fourth-order valence-electron chi connectivity index (χ4n) is 2.65. The molecule has 1 fully saturated rings. The molecule has 0 unspecified atom stereocenters. The maximum absolute atomic E-state index is 4.46. The quantitative estimate of drug-likeness (QED) is 0.813. The maximum Gasteiger partial charge on any atom is 0.0900 e. The Hall–Kier alpha value is -0.450. The molecular weight excluding hydrogens is 254 g/mol. The van der Waals surface area contributed by atoms with E-state index in [0.29, 0.717) is 0 Å². The number of rotatable bonds is 6. The highest BCUT2D eigenvalue weighted by molar-refractivity contribution is 7.11. The van der Waals surface area contributed by atoms with E-state index >= 15 is 0 Å². The molecule has 1 N–H and O–H groups in total. The molecule has 0 amide bonds. The molecule has 0 bridgehead atoms. The number of likely N-dealkylation sites (tertiary alicyclic amines) is 1. The molecule has 2 rings (SSSR count). The van der Waals surface area contributed by atoms with Crippen LogP contribution in [0.1, 0.15) is 41.8 Å². The average molecular weight is 281 g/mol. The molecule has 108 valence electrons. The number of aromatic nitrogens is 1. The van der Waals surface area contributed by atoms with Crippen LogP contribution in [0.15, 0.2) is 0 Å². The lowest BCUT2D eigenvalue weighted by Gasteiger charge is -2.30. The number of hydrogen-bond acceptors (Lipinski definition) is 4. The highest BCUT2D eigenvalue weighted by atomic mass is 32.1. The van der Waals surface area contributed by atoms with E-state index in [4.69, 9.17) is 0 Å². The molecule has 0 spiro atoms. The Balaban J connectivity index is 1.56. The first kappa shape index (κ1) is 14.9. The standard InChI is InChI=1S/C15H27N3S/c1-12-5-9-18(10-6-12)8-4-7-16-11-15-13(2)17-14(3)19-15/h12,16H,4-11H2,1-3H3. The highest BCUT2D eigenvalue weighted by Crippen LogP contribution is 2.17. The minimum absolute atomic E-state index is 0.937. The maximum atomic E-state index is 4.46. The van der Waals surface area contributed by atoms with Gasteiger partial charge in [0.15, 0.2) is 0 Å². The van der Waals surface area contributed by atoms with Gasteiger partial charge in [-0.2, -0.15) is 0 Å². The Morgan fingerprint density at radius 1 is 1.32 bits per heavy atom. The van der Waals surface area contributed by atoms with Crippen molar-refractivity contribution in [2.24, 2.45) is 5.92 Å². The van der Waals surface area contributed by atoms with Gasteiger partial charge in [0, 0.05) is 11.4 Å². The molecule has 0 aromatic carbocycles. The van der Waals surface area contributed by atoms with Crippen molar-refractivity contribution in [1.82, 2.24) is 15.2 Å². The monoisotopic (exact) mass is 281 g/mol. The molecule has 1 aromatic heterocycles. The predicted molar refractivity (Wildman–Crippen MR) is 82.7 cm³/mol. The molecule has 0 saturated carbocycles. The summed E-state index contributed by atoms with van der Waals surface area (Å²) < 4.78 is 0. The number of nitrogens with zero attached hydrogens (tertiary/aromatic N) is 2. The largest absolute Gasteiger partial charge is 0.312 e. The number of piperidine rings is 1. The summed E-state index contributed by atoms with van der Waals surface area (Å²) in [6.07, 6.45) is 4.02. The van der Waals surface area contributed by atoms with Gasteiger partial charge in [0.1, 0.15) is 0 Å². The molecule has 3 nitrogen and oxygen atoms in total. The van der Waals surface area contributed by atoms with Crippen LogP contribution < -0.4 is 5.32 Å². The van der Waals surface area contributed by atoms with Gasteiger partial charge in [0.25, 0.3) is 0 Å². The van der Waals surface area contributed by atoms with Crippen LogP contribution in [-0.2, 0) is 6.54 Å². The smallest absolute Gasteiger partial charge is 0.0900 e. The van der Waals surface area contributed by atoms with Crippen LogP contribution in [0.25, 0.3) is 0 Å². The first-order valence-corrected chi connectivity index (χ1v) is 8.33. The summed E-state index contributed by atoms with van der Waals surface area (Å²) in [4.78, 5) is 8.47. The van der Waals surface area contributed by atoms with Crippen LogP contribution in [-0.4, -0.2) is 36.1 Å². The Morgan fingerprint density at radius 3 is 2.68 bits per heavy atom. The second-order valence-corrected chi connectivity index (χ2v) is 7.08. The molecule has 4 heteroatoms. The van der Waals surface area contributed by atoms with Gasteiger partial charge in [0.2, 0.25) is 0 Å². The van der Waals surface area contributed by atoms with E-state index in [9.17, 15) is 0 Å². The Bertz CT molecular complexity index is 381. The van der Waals surface area contributed by atoms with Crippen molar-refractivity contribution < 1.29 is 0 Å². The molecule has 1 aromatic rings. The minimum Gasteiger partial charge on any atom is -0.312 e. The number of hydrogen-bond donors (Lipinski definition) is 1. The Morgan fingerprint density at radius 2 is 2.05 bits per heavy atom. The summed E-state index contributed by atoms with van der Waals surface area (Å²) >= 11 is 1.82. The molecule has 19 heavy (non-hydrogen) atoms. The predicted octanol–water partition coefficient (Wildman–Crippen LogP) is 2.97. The van der Waals surface area contributed by atoms with Crippen LogP contribution in [0.3, 0.4) is 0 Å². The fourth-order valence-corrected chi connectivity index (χ4v) is 3.56. The number of aryl methyl sites for hydroxylation is 2. The molecule has 0 aliphatic carbocycles. The molecule has 1 aliphatic heterocycles. The van der Waals surface area contributed by atoms with E-state index in [2.05, 4.69) is 36.0 Å². The zero-order valence-electron chi connectivity index (χ0n) is 12.5. The number of nitrogens with one attached hydrogen (secondary N) is 1. The summed E-state index contributed by atoms with van der Waals surface area (Å²) in [6, 6.07) is 0. The van der Waals surface area contributed by atoms with Gasteiger partial charge in [-0.1, -0.05) is 6.92 Å². The third-order valence-electron chi connectivity index (χ3n) is 3.99. The SMILES string of the molecule is Cc1nc(C)c(CNCCCN2CCC(C)CC2)s1. The summed E-state index contributed by atoms with van der Waals surface area (Å²) in [6.45, 7) is 12.5. The lowest BCUT2D eigenvalue weighted by Crippen LogP contribution is -2.34.